The van der Waals surface area contributed by atoms with E-state index in [0.29, 0.717) is 23.5 Å². The molecule has 2 heterocycles. The summed E-state index contributed by atoms with van der Waals surface area (Å²) in [5, 5.41) is 13.9. The molecule has 2 aromatic rings. The van der Waals surface area contributed by atoms with Crippen LogP contribution in [0.1, 0.15) is 19.8 Å². The van der Waals surface area contributed by atoms with Crippen molar-refractivity contribution in [2.24, 2.45) is 0 Å². The second kappa shape index (κ2) is 4.75. The lowest BCUT2D eigenvalue weighted by Crippen LogP contribution is -2.32. The third-order valence-electron chi connectivity index (χ3n) is 3.61. The number of rotatable bonds is 4. The van der Waals surface area contributed by atoms with Crippen molar-refractivity contribution in [3.8, 4) is 0 Å². The SMILES string of the molecule is CC1(CNc2nc3ccc([N+](=O)[O-])cc3[nH]2)CCCO1. The number of fused-ring (bicyclic) bond motifs is 1. The van der Waals surface area contributed by atoms with E-state index in [1.165, 1.54) is 12.1 Å². The molecule has 0 saturated carbocycles. The Morgan fingerprint density at radius 1 is 1.60 bits per heavy atom. The number of nitro groups is 1. The van der Waals surface area contributed by atoms with Crippen LogP contribution >= 0.6 is 0 Å². The van der Waals surface area contributed by atoms with E-state index in [0.717, 1.165) is 19.4 Å². The van der Waals surface area contributed by atoms with E-state index in [4.69, 9.17) is 4.74 Å². The molecule has 7 heteroatoms. The van der Waals surface area contributed by atoms with Gasteiger partial charge in [0.25, 0.3) is 5.69 Å². The zero-order valence-corrected chi connectivity index (χ0v) is 11.2. The molecule has 1 aliphatic heterocycles. The highest BCUT2D eigenvalue weighted by Gasteiger charge is 2.29. The summed E-state index contributed by atoms with van der Waals surface area (Å²) in [6.07, 6.45) is 2.09. The Bertz CT molecular complexity index is 646. The predicted molar refractivity (Wildman–Crippen MR) is 74.8 cm³/mol. The highest BCUT2D eigenvalue weighted by molar-refractivity contribution is 5.79. The molecule has 1 aromatic heterocycles. The number of non-ortho nitro benzene ring substituents is 1. The van der Waals surface area contributed by atoms with Crippen molar-refractivity contribution < 1.29 is 9.66 Å². The molecule has 3 rings (SSSR count). The lowest BCUT2D eigenvalue weighted by molar-refractivity contribution is -0.384. The number of H-pyrrole nitrogens is 1. The first-order valence-corrected chi connectivity index (χ1v) is 6.58. The van der Waals surface area contributed by atoms with Crippen molar-refractivity contribution in [2.75, 3.05) is 18.5 Å². The number of benzene rings is 1. The quantitative estimate of drug-likeness (QED) is 0.661. The van der Waals surface area contributed by atoms with Gasteiger partial charge in [0.1, 0.15) is 0 Å². The van der Waals surface area contributed by atoms with Gasteiger partial charge < -0.3 is 15.0 Å². The summed E-state index contributed by atoms with van der Waals surface area (Å²) in [4.78, 5) is 17.7. The summed E-state index contributed by atoms with van der Waals surface area (Å²) in [5.74, 6) is 0.609. The molecule has 0 amide bonds. The maximum atomic E-state index is 10.7. The summed E-state index contributed by atoms with van der Waals surface area (Å²) in [7, 11) is 0. The van der Waals surface area contributed by atoms with Crippen LogP contribution in [0.5, 0.6) is 0 Å². The number of aromatic amines is 1. The molecule has 1 aromatic carbocycles. The van der Waals surface area contributed by atoms with Crippen LogP contribution in [0.15, 0.2) is 18.2 Å². The van der Waals surface area contributed by atoms with E-state index < -0.39 is 4.92 Å². The van der Waals surface area contributed by atoms with Crippen molar-refractivity contribution >= 4 is 22.7 Å². The van der Waals surface area contributed by atoms with Gasteiger partial charge in [0.2, 0.25) is 5.95 Å². The van der Waals surface area contributed by atoms with Gasteiger partial charge in [-0.05, 0) is 25.8 Å². The fraction of sp³-hybridized carbons (Fsp3) is 0.462. The standard InChI is InChI=1S/C13H16N4O3/c1-13(5-2-6-20-13)8-14-12-15-10-4-3-9(17(18)19)7-11(10)16-12/h3-4,7H,2,5-6,8H2,1H3,(H2,14,15,16). The number of hydrogen-bond donors (Lipinski definition) is 2. The third-order valence-corrected chi connectivity index (χ3v) is 3.61. The summed E-state index contributed by atoms with van der Waals surface area (Å²) in [6, 6.07) is 4.58. The monoisotopic (exact) mass is 276 g/mol. The molecule has 20 heavy (non-hydrogen) atoms. The fourth-order valence-electron chi connectivity index (χ4n) is 2.44. The Kier molecular flexibility index (Phi) is 3.06. The van der Waals surface area contributed by atoms with Crippen LogP contribution in [0.3, 0.4) is 0 Å². The Morgan fingerprint density at radius 3 is 3.15 bits per heavy atom. The van der Waals surface area contributed by atoms with Gasteiger partial charge in [-0.1, -0.05) is 0 Å². The minimum absolute atomic E-state index is 0.0544. The summed E-state index contributed by atoms with van der Waals surface area (Å²) >= 11 is 0. The van der Waals surface area contributed by atoms with E-state index in [1.54, 1.807) is 6.07 Å². The van der Waals surface area contributed by atoms with Crippen molar-refractivity contribution in [1.29, 1.82) is 0 Å². The smallest absolute Gasteiger partial charge is 0.271 e. The lowest BCUT2D eigenvalue weighted by Gasteiger charge is -2.22. The first-order valence-electron chi connectivity index (χ1n) is 6.58. The largest absolute Gasteiger partial charge is 0.373 e. The van der Waals surface area contributed by atoms with E-state index in [2.05, 4.69) is 22.2 Å². The van der Waals surface area contributed by atoms with Crippen molar-refractivity contribution in [3.63, 3.8) is 0 Å². The van der Waals surface area contributed by atoms with E-state index in [-0.39, 0.29) is 11.3 Å². The van der Waals surface area contributed by atoms with Gasteiger partial charge in [0, 0.05) is 25.3 Å². The molecule has 0 spiro atoms. The maximum absolute atomic E-state index is 10.7. The number of anilines is 1. The number of imidazole rings is 1. The van der Waals surface area contributed by atoms with Gasteiger partial charge in [-0.3, -0.25) is 10.1 Å². The molecule has 0 radical (unpaired) electrons. The van der Waals surface area contributed by atoms with Crippen LogP contribution in [0.2, 0.25) is 0 Å². The topological polar surface area (TPSA) is 93.1 Å². The second-order valence-electron chi connectivity index (χ2n) is 5.30. The highest BCUT2D eigenvalue weighted by atomic mass is 16.6. The molecule has 2 N–H and O–H groups in total. The molecule has 0 bridgehead atoms. The minimum Gasteiger partial charge on any atom is -0.373 e. The lowest BCUT2D eigenvalue weighted by atomic mass is 10.0. The number of nitrogens with one attached hydrogen (secondary N) is 2. The first-order chi connectivity index (χ1) is 9.56. The fourth-order valence-corrected chi connectivity index (χ4v) is 2.44. The van der Waals surface area contributed by atoms with Crippen LogP contribution in [-0.4, -0.2) is 33.6 Å². The third kappa shape index (κ3) is 2.44. The highest BCUT2D eigenvalue weighted by Crippen LogP contribution is 2.26. The second-order valence-corrected chi connectivity index (χ2v) is 5.30. The number of nitrogens with zero attached hydrogens (tertiary/aromatic N) is 2. The predicted octanol–water partition coefficient (Wildman–Crippen LogP) is 2.45. The van der Waals surface area contributed by atoms with Crippen molar-refractivity contribution in [2.45, 2.75) is 25.4 Å². The number of nitro benzene ring substituents is 1. The van der Waals surface area contributed by atoms with E-state index in [9.17, 15) is 10.1 Å². The van der Waals surface area contributed by atoms with E-state index >= 15 is 0 Å². The van der Waals surface area contributed by atoms with Crippen LogP contribution in [-0.2, 0) is 4.74 Å². The summed E-state index contributed by atoms with van der Waals surface area (Å²) < 4.78 is 5.69. The van der Waals surface area contributed by atoms with Gasteiger partial charge in [-0.15, -0.1) is 0 Å². The van der Waals surface area contributed by atoms with Gasteiger partial charge in [-0.25, -0.2) is 4.98 Å². The van der Waals surface area contributed by atoms with E-state index in [1.807, 2.05) is 0 Å². The average Bonchev–Trinajstić information content (AvgIpc) is 3.01. The molecule has 0 aliphatic carbocycles. The Morgan fingerprint density at radius 2 is 2.45 bits per heavy atom. The van der Waals surface area contributed by atoms with Crippen LogP contribution in [0, 0.1) is 10.1 Å². The zero-order valence-electron chi connectivity index (χ0n) is 11.2. The molecule has 106 valence electrons. The van der Waals surface area contributed by atoms with Gasteiger partial charge >= 0.3 is 0 Å². The number of ether oxygens (including phenoxy) is 1. The van der Waals surface area contributed by atoms with Crippen LogP contribution in [0.4, 0.5) is 11.6 Å². The molecule has 1 fully saturated rings. The van der Waals surface area contributed by atoms with Crippen molar-refractivity contribution in [3.05, 3.63) is 28.3 Å². The van der Waals surface area contributed by atoms with Crippen molar-refractivity contribution in [1.82, 2.24) is 9.97 Å². The first kappa shape index (κ1) is 12.9. The number of hydrogen-bond acceptors (Lipinski definition) is 5. The van der Waals surface area contributed by atoms with Crippen LogP contribution < -0.4 is 5.32 Å². The molecule has 1 atom stereocenters. The minimum atomic E-state index is -0.416. The normalized spacial score (nSPS) is 22.2. The van der Waals surface area contributed by atoms with Gasteiger partial charge in [-0.2, -0.15) is 0 Å². The Labute approximate surface area is 115 Å². The molecule has 7 nitrogen and oxygen atoms in total. The van der Waals surface area contributed by atoms with Gasteiger partial charge in [0.15, 0.2) is 0 Å². The molecular weight excluding hydrogens is 260 g/mol. The summed E-state index contributed by atoms with van der Waals surface area (Å²) in [6.45, 7) is 3.53. The number of aromatic nitrogens is 2. The molecular formula is C13H16N4O3. The average molecular weight is 276 g/mol. The van der Waals surface area contributed by atoms with Crippen LogP contribution in [0.25, 0.3) is 11.0 Å². The van der Waals surface area contributed by atoms with Gasteiger partial charge in [0.05, 0.1) is 21.6 Å². The maximum Gasteiger partial charge on any atom is 0.271 e. The molecule has 1 aliphatic rings. The Hall–Kier alpha value is -2.15. The zero-order chi connectivity index (χ0) is 14.2. The Balaban J connectivity index is 1.77. The molecule has 1 saturated heterocycles. The molecule has 1 unspecified atom stereocenters. The summed E-state index contributed by atoms with van der Waals surface area (Å²) in [5.41, 5.74) is 1.25.